The lowest BCUT2D eigenvalue weighted by molar-refractivity contribution is -0.155. The largest absolute Gasteiger partial charge is 0.481 e. The number of carbonyl (C=O) groups is 2. The van der Waals surface area contributed by atoms with E-state index in [-0.39, 0.29) is 25.0 Å². The zero-order chi connectivity index (χ0) is 12.0. The number of aliphatic carboxylic acids is 1. The topological polar surface area (TPSA) is 66.8 Å². The number of hydrogen-bond donors (Lipinski definition) is 1. The second-order valence-corrected chi connectivity index (χ2v) is 4.08. The van der Waals surface area contributed by atoms with Gasteiger partial charge in [-0.3, -0.25) is 9.59 Å². The quantitative estimate of drug-likeness (QED) is 0.686. The number of amides is 1. The van der Waals surface area contributed by atoms with Crippen LogP contribution < -0.4 is 0 Å². The van der Waals surface area contributed by atoms with Gasteiger partial charge in [0.05, 0.1) is 12.5 Å². The van der Waals surface area contributed by atoms with Crippen molar-refractivity contribution < 1.29 is 19.4 Å². The lowest BCUT2D eigenvalue weighted by atomic mass is 10.2. The predicted octanol–water partition coefficient (Wildman–Crippen LogP) is 0.879. The molecule has 92 valence electrons. The Morgan fingerprint density at radius 2 is 2.31 bits per heavy atom. The molecule has 1 unspecified atom stereocenters. The van der Waals surface area contributed by atoms with Gasteiger partial charge in [-0.05, 0) is 6.42 Å². The molecular formula is C11H19NO4. The van der Waals surface area contributed by atoms with Crippen LogP contribution in [0, 0.1) is 0 Å². The second-order valence-electron chi connectivity index (χ2n) is 4.08. The molecule has 5 heteroatoms. The van der Waals surface area contributed by atoms with Gasteiger partial charge >= 0.3 is 5.97 Å². The van der Waals surface area contributed by atoms with Crippen LogP contribution in [0.3, 0.4) is 0 Å². The number of rotatable bonds is 6. The van der Waals surface area contributed by atoms with E-state index in [0.29, 0.717) is 13.1 Å². The number of carboxylic acid groups (broad SMARTS) is 1. The molecule has 1 atom stereocenters. The van der Waals surface area contributed by atoms with Gasteiger partial charge in [-0.1, -0.05) is 19.8 Å². The van der Waals surface area contributed by atoms with Crippen molar-refractivity contribution in [3.8, 4) is 0 Å². The lowest BCUT2D eigenvalue weighted by Crippen LogP contribution is -2.47. The third-order valence-corrected chi connectivity index (χ3v) is 2.65. The van der Waals surface area contributed by atoms with Crippen molar-refractivity contribution in [2.75, 3.05) is 19.7 Å². The van der Waals surface area contributed by atoms with Crippen molar-refractivity contribution in [3.63, 3.8) is 0 Å². The van der Waals surface area contributed by atoms with E-state index in [1.54, 1.807) is 4.90 Å². The molecule has 0 aromatic carbocycles. The zero-order valence-corrected chi connectivity index (χ0v) is 9.65. The van der Waals surface area contributed by atoms with Gasteiger partial charge in [0.25, 0.3) is 0 Å². The number of carbonyl (C=O) groups excluding carboxylic acids is 1. The third-order valence-electron chi connectivity index (χ3n) is 2.65. The van der Waals surface area contributed by atoms with Gasteiger partial charge in [-0.15, -0.1) is 0 Å². The summed E-state index contributed by atoms with van der Waals surface area (Å²) in [6.45, 7) is 3.25. The van der Waals surface area contributed by atoms with Crippen molar-refractivity contribution in [1.82, 2.24) is 4.90 Å². The van der Waals surface area contributed by atoms with Crippen molar-refractivity contribution in [3.05, 3.63) is 0 Å². The monoisotopic (exact) mass is 229 g/mol. The summed E-state index contributed by atoms with van der Waals surface area (Å²) < 4.78 is 5.17. The minimum absolute atomic E-state index is 0.0179. The van der Waals surface area contributed by atoms with Crippen LogP contribution in [-0.2, 0) is 14.3 Å². The molecule has 1 amide bonds. The summed E-state index contributed by atoms with van der Waals surface area (Å²) in [6.07, 6.45) is 2.79. The highest BCUT2D eigenvalue weighted by Gasteiger charge is 2.27. The van der Waals surface area contributed by atoms with Crippen molar-refractivity contribution in [2.24, 2.45) is 0 Å². The molecule has 1 heterocycles. The Kier molecular flexibility index (Phi) is 5.25. The minimum atomic E-state index is -0.882. The van der Waals surface area contributed by atoms with Crippen LogP contribution in [-0.4, -0.2) is 47.7 Å². The maximum Gasteiger partial charge on any atom is 0.306 e. The first-order valence-electron chi connectivity index (χ1n) is 5.74. The molecule has 0 saturated carbocycles. The van der Waals surface area contributed by atoms with Gasteiger partial charge in [0.2, 0.25) is 5.91 Å². The van der Waals surface area contributed by atoms with Gasteiger partial charge < -0.3 is 14.7 Å². The summed E-state index contributed by atoms with van der Waals surface area (Å²) in [4.78, 5) is 23.7. The van der Waals surface area contributed by atoms with E-state index in [0.717, 1.165) is 19.3 Å². The fourth-order valence-corrected chi connectivity index (χ4v) is 1.77. The standard InChI is InChI=1S/C11H19NO4/c1-2-3-4-5-12-7-9(6-11(14)15)16-8-10(12)13/h9H,2-8H2,1H3,(H,14,15). The molecular weight excluding hydrogens is 210 g/mol. The first-order chi connectivity index (χ1) is 7.63. The summed E-state index contributed by atoms with van der Waals surface area (Å²) in [7, 11) is 0. The Bertz CT molecular complexity index is 254. The van der Waals surface area contributed by atoms with Gasteiger partial charge in [0.15, 0.2) is 0 Å². The first kappa shape index (κ1) is 13.0. The fraction of sp³-hybridized carbons (Fsp3) is 0.818. The van der Waals surface area contributed by atoms with E-state index >= 15 is 0 Å². The zero-order valence-electron chi connectivity index (χ0n) is 9.65. The molecule has 1 rings (SSSR count). The van der Waals surface area contributed by atoms with E-state index in [1.807, 2.05) is 0 Å². The molecule has 0 aliphatic carbocycles. The number of hydrogen-bond acceptors (Lipinski definition) is 3. The second kappa shape index (κ2) is 6.48. The highest BCUT2D eigenvalue weighted by Crippen LogP contribution is 2.11. The summed E-state index contributed by atoms with van der Waals surface area (Å²) >= 11 is 0. The Morgan fingerprint density at radius 1 is 1.56 bits per heavy atom. The van der Waals surface area contributed by atoms with E-state index in [4.69, 9.17) is 9.84 Å². The molecule has 1 fully saturated rings. The highest BCUT2D eigenvalue weighted by atomic mass is 16.5. The summed E-state index contributed by atoms with van der Waals surface area (Å²) in [5.41, 5.74) is 0. The molecule has 0 aromatic heterocycles. The molecule has 0 aromatic rings. The average molecular weight is 229 g/mol. The van der Waals surface area contributed by atoms with Crippen LogP contribution in [0.2, 0.25) is 0 Å². The number of unbranched alkanes of at least 4 members (excludes halogenated alkanes) is 2. The van der Waals surface area contributed by atoms with E-state index in [9.17, 15) is 9.59 Å². The molecule has 16 heavy (non-hydrogen) atoms. The molecule has 1 aliphatic heterocycles. The van der Waals surface area contributed by atoms with Crippen LogP contribution >= 0.6 is 0 Å². The number of carboxylic acids is 1. The SMILES string of the molecule is CCCCCN1CC(CC(=O)O)OCC1=O. The maximum atomic E-state index is 11.5. The molecule has 0 radical (unpaired) electrons. The Balaban J connectivity index is 2.36. The summed E-state index contributed by atoms with van der Waals surface area (Å²) in [6, 6.07) is 0. The van der Waals surface area contributed by atoms with Crippen LogP contribution in [0.15, 0.2) is 0 Å². The normalized spacial score (nSPS) is 21.2. The molecule has 5 nitrogen and oxygen atoms in total. The minimum Gasteiger partial charge on any atom is -0.481 e. The molecule has 1 saturated heterocycles. The Morgan fingerprint density at radius 3 is 2.94 bits per heavy atom. The van der Waals surface area contributed by atoms with E-state index in [2.05, 4.69) is 6.92 Å². The third kappa shape index (κ3) is 4.18. The van der Waals surface area contributed by atoms with Gasteiger partial charge in [0, 0.05) is 13.1 Å². The summed E-state index contributed by atoms with van der Waals surface area (Å²) in [5, 5.41) is 8.65. The van der Waals surface area contributed by atoms with Crippen LogP contribution in [0.1, 0.15) is 32.6 Å². The average Bonchev–Trinajstić information content (AvgIpc) is 2.22. The van der Waals surface area contributed by atoms with Gasteiger partial charge in [0.1, 0.15) is 6.61 Å². The van der Waals surface area contributed by atoms with Crippen LogP contribution in [0.4, 0.5) is 0 Å². The Labute approximate surface area is 95.4 Å². The summed E-state index contributed by atoms with van der Waals surface area (Å²) in [5.74, 6) is -0.911. The van der Waals surface area contributed by atoms with E-state index in [1.165, 1.54) is 0 Å². The van der Waals surface area contributed by atoms with Gasteiger partial charge in [-0.2, -0.15) is 0 Å². The molecule has 1 N–H and O–H groups in total. The van der Waals surface area contributed by atoms with Crippen LogP contribution in [0.5, 0.6) is 0 Å². The number of morpholine rings is 1. The first-order valence-corrected chi connectivity index (χ1v) is 5.74. The van der Waals surface area contributed by atoms with Crippen molar-refractivity contribution in [2.45, 2.75) is 38.7 Å². The number of ether oxygens (including phenoxy) is 1. The van der Waals surface area contributed by atoms with Crippen molar-refractivity contribution >= 4 is 11.9 Å². The Hall–Kier alpha value is -1.10. The smallest absolute Gasteiger partial charge is 0.306 e. The van der Waals surface area contributed by atoms with Crippen molar-refractivity contribution in [1.29, 1.82) is 0 Å². The molecule has 1 aliphatic rings. The number of nitrogens with zero attached hydrogens (tertiary/aromatic N) is 1. The molecule has 0 bridgehead atoms. The molecule has 0 spiro atoms. The van der Waals surface area contributed by atoms with Crippen LogP contribution in [0.25, 0.3) is 0 Å². The highest BCUT2D eigenvalue weighted by molar-refractivity contribution is 5.78. The van der Waals surface area contributed by atoms with E-state index < -0.39 is 5.97 Å². The predicted molar refractivity (Wildman–Crippen MR) is 58.1 cm³/mol. The fourth-order valence-electron chi connectivity index (χ4n) is 1.77. The maximum absolute atomic E-state index is 11.5. The lowest BCUT2D eigenvalue weighted by Gasteiger charge is -2.32. The van der Waals surface area contributed by atoms with Gasteiger partial charge in [-0.25, -0.2) is 0 Å².